The van der Waals surface area contributed by atoms with E-state index in [1.807, 2.05) is 18.9 Å². The lowest BCUT2D eigenvalue weighted by Gasteiger charge is -2.39. The van der Waals surface area contributed by atoms with Crippen LogP contribution in [0.15, 0.2) is 6.20 Å². The zero-order valence-corrected chi connectivity index (χ0v) is 15.8. The summed E-state index contributed by atoms with van der Waals surface area (Å²) in [6, 6.07) is -0.482. The van der Waals surface area contributed by atoms with Crippen LogP contribution in [0.1, 0.15) is 37.4 Å². The number of amides is 3. The van der Waals surface area contributed by atoms with Crippen LogP contribution in [0, 0.1) is 6.92 Å². The van der Waals surface area contributed by atoms with Gasteiger partial charge in [0.1, 0.15) is 6.04 Å². The number of hydrogen-bond acceptors (Lipinski definition) is 4. The number of piperazine rings is 1. The molecule has 2 saturated heterocycles. The number of aromatic nitrogens is 2. The highest BCUT2D eigenvalue weighted by Gasteiger charge is 2.36. The van der Waals surface area contributed by atoms with Gasteiger partial charge in [-0.05, 0) is 26.7 Å². The van der Waals surface area contributed by atoms with E-state index in [0.717, 1.165) is 24.2 Å². The minimum absolute atomic E-state index is 0.0288. The highest BCUT2D eigenvalue weighted by atomic mass is 16.2. The smallest absolute Gasteiger partial charge is 0.245 e. The van der Waals surface area contributed by atoms with Crippen molar-refractivity contribution in [3.63, 3.8) is 0 Å². The summed E-state index contributed by atoms with van der Waals surface area (Å²) in [5.41, 5.74) is 1.96. The Kier molecular flexibility index (Phi) is 5.29. The van der Waals surface area contributed by atoms with Crippen molar-refractivity contribution in [2.45, 2.75) is 45.7 Å². The van der Waals surface area contributed by atoms with Gasteiger partial charge in [0.2, 0.25) is 17.7 Å². The molecule has 3 rings (SSSR count). The summed E-state index contributed by atoms with van der Waals surface area (Å²) in [4.78, 5) is 42.0. The number of likely N-dealkylation sites (tertiary alicyclic amines) is 1. The number of carbonyl (C=O) groups excluding carboxylic acids is 3. The molecule has 1 aromatic rings. The van der Waals surface area contributed by atoms with Gasteiger partial charge in [-0.2, -0.15) is 5.10 Å². The maximum atomic E-state index is 12.7. The molecule has 1 atom stereocenters. The van der Waals surface area contributed by atoms with Gasteiger partial charge in [0.25, 0.3) is 0 Å². The third-order valence-corrected chi connectivity index (χ3v) is 5.49. The first kappa shape index (κ1) is 18.4. The molecule has 0 N–H and O–H groups in total. The van der Waals surface area contributed by atoms with Gasteiger partial charge in [-0.25, -0.2) is 0 Å². The summed E-state index contributed by atoms with van der Waals surface area (Å²) >= 11 is 0. The Morgan fingerprint density at radius 1 is 1.15 bits per heavy atom. The molecule has 0 radical (unpaired) electrons. The van der Waals surface area contributed by atoms with Crippen molar-refractivity contribution < 1.29 is 14.4 Å². The minimum Gasteiger partial charge on any atom is -0.343 e. The summed E-state index contributed by atoms with van der Waals surface area (Å²) in [6.45, 7) is 6.22. The molecule has 26 heavy (non-hydrogen) atoms. The lowest BCUT2D eigenvalue weighted by Crippen LogP contribution is -2.58. The van der Waals surface area contributed by atoms with E-state index in [9.17, 15) is 14.4 Å². The van der Waals surface area contributed by atoms with Crippen LogP contribution < -0.4 is 0 Å². The average Bonchev–Trinajstić information content (AvgIpc) is 3.16. The van der Waals surface area contributed by atoms with Crippen molar-refractivity contribution in [1.29, 1.82) is 0 Å². The summed E-state index contributed by atoms with van der Waals surface area (Å²) in [7, 11) is 1.86. The van der Waals surface area contributed by atoms with E-state index in [4.69, 9.17) is 0 Å². The maximum absolute atomic E-state index is 12.7. The third-order valence-electron chi connectivity index (χ3n) is 5.49. The van der Waals surface area contributed by atoms with Gasteiger partial charge < -0.3 is 14.7 Å². The lowest BCUT2D eigenvalue weighted by atomic mass is 10.1. The van der Waals surface area contributed by atoms with Gasteiger partial charge in [0, 0.05) is 50.9 Å². The fourth-order valence-corrected chi connectivity index (χ4v) is 3.64. The van der Waals surface area contributed by atoms with Crippen molar-refractivity contribution in [2.24, 2.45) is 7.05 Å². The number of nitrogens with zero attached hydrogens (tertiary/aromatic N) is 5. The zero-order chi connectivity index (χ0) is 18.8. The van der Waals surface area contributed by atoms with E-state index < -0.39 is 6.04 Å². The van der Waals surface area contributed by atoms with Crippen LogP contribution in [0.3, 0.4) is 0 Å². The third kappa shape index (κ3) is 3.59. The number of carbonyl (C=O) groups is 3. The Balaban J connectivity index is 1.56. The highest BCUT2D eigenvalue weighted by Crippen LogP contribution is 2.18. The predicted molar refractivity (Wildman–Crippen MR) is 95.0 cm³/mol. The van der Waals surface area contributed by atoms with Gasteiger partial charge in [0.15, 0.2) is 0 Å². The first-order chi connectivity index (χ1) is 12.4. The Labute approximate surface area is 153 Å². The van der Waals surface area contributed by atoms with Crippen molar-refractivity contribution in [1.82, 2.24) is 24.5 Å². The SMILES string of the molecule is Cc1c(CN2C(=O)CN(CCCN3CCCC3=O)C(=O)[C@@H]2C)cnn1C. The van der Waals surface area contributed by atoms with E-state index in [2.05, 4.69) is 5.10 Å². The quantitative estimate of drug-likeness (QED) is 0.730. The second kappa shape index (κ2) is 7.47. The molecule has 1 aromatic heterocycles. The second-order valence-electron chi connectivity index (χ2n) is 7.17. The molecule has 2 aliphatic rings. The van der Waals surface area contributed by atoms with Crippen molar-refractivity contribution in [2.75, 3.05) is 26.2 Å². The Morgan fingerprint density at radius 2 is 1.88 bits per heavy atom. The molecule has 3 heterocycles. The molecule has 0 aliphatic carbocycles. The van der Waals surface area contributed by atoms with Crippen molar-refractivity contribution >= 4 is 17.7 Å². The van der Waals surface area contributed by atoms with Crippen LogP contribution in [-0.2, 0) is 28.0 Å². The monoisotopic (exact) mass is 361 g/mol. The second-order valence-corrected chi connectivity index (χ2v) is 7.17. The Bertz CT molecular complexity index is 714. The molecule has 0 spiro atoms. The number of hydrogen-bond donors (Lipinski definition) is 0. The number of rotatable bonds is 6. The lowest BCUT2D eigenvalue weighted by molar-refractivity contribution is -0.155. The standard InChI is InChI=1S/C18H27N5O3/c1-13-15(10-19-20(13)3)11-23-14(2)18(26)22(12-17(23)25)9-5-8-21-7-4-6-16(21)24/h10,14H,4-9,11-12H2,1-3H3/t14-/m0/s1. The fraction of sp³-hybridized carbons (Fsp3) is 0.667. The minimum atomic E-state index is -0.482. The van der Waals surface area contributed by atoms with Crippen molar-refractivity contribution in [3.8, 4) is 0 Å². The van der Waals surface area contributed by atoms with Gasteiger partial charge >= 0.3 is 0 Å². The van der Waals surface area contributed by atoms with E-state index >= 15 is 0 Å². The molecule has 0 aromatic carbocycles. The van der Waals surface area contributed by atoms with Gasteiger partial charge in [-0.3, -0.25) is 19.1 Å². The molecular weight excluding hydrogens is 334 g/mol. The van der Waals surface area contributed by atoms with E-state index in [0.29, 0.717) is 32.5 Å². The Hall–Kier alpha value is -2.38. The van der Waals surface area contributed by atoms with Crippen LogP contribution in [0.5, 0.6) is 0 Å². The van der Waals surface area contributed by atoms with E-state index in [1.165, 1.54) is 0 Å². The normalized spacial score (nSPS) is 21.3. The zero-order valence-electron chi connectivity index (χ0n) is 15.8. The maximum Gasteiger partial charge on any atom is 0.245 e. The molecule has 142 valence electrons. The molecule has 3 amide bonds. The molecule has 8 heteroatoms. The van der Waals surface area contributed by atoms with Crippen LogP contribution in [0.4, 0.5) is 0 Å². The summed E-state index contributed by atoms with van der Waals surface area (Å²) in [5, 5.41) is 4.20. The first-order valence-corrected chi connectivity index (χ1v) is 9.22. The largest absolute Gasteiger partial charge is 0.343 e. The summed E-state index contributed by atoms with van der Waals surface area (Å²) < 4.78 is 1.77. The average molecular weight is 361 g/mol. The fourth-order valence-electron chi connectivity index (χ4n) is 3.64. The first-order valence-electron chi connectivity index (χ1n) is 9.22. The van der Waals surface area contributed by atoms with Crippen LogP contribution in [0.25, 0.3) is 0 Å². The molecule has 0 saturated carbocycles. The van der Waals surface area contributed by atoms with E-state index in [-0.39, 0.29) is 24.3 Å². The van der Waals surface area contributed by atoms with Crippen LogP contribution >= 0.6 is 0 Å². The molecule has 2 fully saturated rings. The molecule has 2 aliphatic heterocycles. The predicted octanol–water partition coefficient (Wildman–Crippen LogP) is 0.300. The van der Waals surface area contributed by atoms with Gasteiger partial charge in [0.05, 0.1) is 12.7 Å². The Morgan fingerprint density at radius 3 is 2.50 bits per heavy atom. The summed E-state index contributed by atoms with van der Waals surface area (Å²) in [6.07, 6.45) is 4.00. The van der Waals surface area contributed by atoms with Gasteiger partial charge in [-0.15, -0.1) is 0 Å². The molecule has 0 unspecified atom stereocenters. The topological polar surface area (TPSA) is 78.8 Å². The highest BCUT2D eigenvalue weighted by molar-refractivity contribution is 5.94. The van der Waals surface area contributed by atoms with E-state index in [1.54, 1.807) is 27.6 Å². The van der Waals surface area contributed by atoms with Crippen LogP contribution in [0.2, 0.25) is 0 Å². The molecular formula is C18H27N5O3. The van der Waals surface area contributed by atoms with Crippen molar-refractivity contribution in [3.05, 3.63) is 17.5 Å². The molecule has 0 bridgehead atoms. The van der Waals surface area contributed by atoms with Gasteiger partial charge in [-0.1, -0.05) is 0 Å². The van der Waals surface area contributed by atoms with Crippen LogP contribution in [-0.4, -0.2) is 74.4 Å². The molecule has 8 nitrogen and oxygen atoms in total. The number of aryl methyl sites for hydroxylation is 1. The summed E-state index contributed by atoms with van der Waals surface area (Å²) in [5.74, 6) is 0.119.